The predicted molar refractivity (Wildman–Crippen MR) is 102 cm³/mol. The Hall–Kier alpha value is -1.40. The molecule has 1 N–H and O–H groups in total. The Morgan fingerprint density at radius 1 is 1.27 bits per heavy atom. The van der Waals surface area contributed by atoms with Crippen LogP contribution in [-0.2, 0) is 16.6 Å². The fourth-order valence-electron chi connectivity index (χ4n) is 3.92. The van der Waals surface area contributed by atoms with Crippen LogP contribution in [0.3, 0.4) is 0 Å². The van der Waals surface area contributed by atoms with Crippen molar-refractivity contribution in [3.63, 3.8) is 0 Å². The van der Waals surface area contributed by atoms with Crippen molar-refractivity contribution in [2.45, 2.75) is 45.4 Å². The number of nitrogens with zero attached hydrogens (tertiary/aromatic N) is 3. The number of nitrogens with one attached hydrogen (secondary N) is 1. The largest absolute Gasteiger partial charge is 0.361 e. The van der Waals surface area contributed by atoms with Crippen LogP contribution in [0.15, 0.2) is 10.6 Å². The fourth-order valence-corrected chi connectivity index (χ4v) is 3.92. The molecule has 1 aromatic heterocycles. The van der Waals surface area contributed by atoms with Gasteiger partial charge in [0.25, 0.3) is 0 Å². The third-order valence-corrected chi connectivity index (χ3v) is 5.83. The highest BCUT2D eigenvalue weighted by molar-refractivity contribution is 5.76. The van der Waals surface area contributed by atoms with Gasteiger partial charge in [-0.25, -0.2) is 0 Å². The van der Waals surface area contributed by atoms with Gasteiger partial charge in [-0.1, -0.05) is 25.9 Å². The molecule has 1 amide bonds. The lowest BCUT2D eigenvalue weighted by Crippen LogP contribution is -2.48. The van der Waals surface area contributed by atoms with Gasteiger partial charge in [-0.15, -0.1) is 0 Å². The second-order valence-corrected chi connectivity index (χ2v) is 9.04. The molecule has 2 atom stereocenters. The van der Waals surface area contributed by atoms with E-state index in [1.54, 1.807) is 0 Å². The molecule has 3 rings (SSSR count). The standard InChI is InChI=1S/C20H34N4O2/c1-20(2,3)18-13-17(22-26-18)11-16-14-21-6-5-15(16)12-19(25)24-9-7-23(4)8-10-24/h13,15-16,21H,5-12,14H2,1-4H3/t15-,16-/m0/s1. The third kappa shape index (κ3) is 4.86. The number of rotatable bonds is 4. The molecular weight excluding hydrogens is 328 g/mol. The average molecular weight is 363 g/mol. The topological polar surface area (TPSA) is 61.6 Å². The van der Waals surface area contributed by atoms with Crippen LogP contribution in [0.1, 0.15) is 45.1 Å². The summed E-state index contributed by atoms with van der Waals surface area (Å²) < 4.78 is 5.54. The van der Waals surface area contributed by atoms with Crippen LogP contribution in [0.2, 0.25) is 0 Å². The fraction of sp³-hybridized carbons (Fsp3) is 0.800. The van der Waals surface area contributed by atoms with Crippen LogP contribution in [-0.4, -0.2) is 67.2 Å². The van der Waals surface area contributed by atoms with E-state index in [0.29, 0.717) is 24.2 Å². The number of piperazine rings is 1. The van der Waals surface area contributed by atoms with Gasteiger partial charge in [0.05, 0.1) is 5.69 Å². The van der Waals surface area contributed by atoms with Crippen molar-refractivity contribution in [2.24, 2.45) is 11.8 Å². The van der Waals surface area contributed by atoms with E-state index >= 15 is 0 Å². The van der Waals surface area contributed by atoms with Gasteiger partial charge in [0.2, 0.25) is 5.91 Å². The molecule has 26 heavy (non-hydrogen) atoms. The molecule has 0 saturated carbocycles. The van der Waals surface area contributed by atoms with Gasteiger partial charge in [0, 0.05) is 44.1 Å². The molecule has 1 aromatic rings. The molecule has 3 heterocycles. The second kappa shape index (κ2) is 8.09. The molecule has 0 unspecified atom stereocenters. The molecule has 2 aliphatic rings. The molecule has 2 aliphatic heterocycles. The van der Waals surface area contributed by atoms with E-state index in [9.17, 15) is 4.79 Å². The summed E-state index contributed by atoms with van der Waals surface area (Å²) in [5.41, 5.74) is 0.994. The third-order valence-electron chi connectivity index (χ3n) is 5.83. The maximum Gasteiger partial charge on any atom is 0.222 e. The number of amides is 1. The number of aromatic nitrogens is 1. The van der Waals surface area contributed by atoms with E-state index < -0.39 is 0 Å². The first kappa shape index (κ1) is 19.4. The van der Waals surface area contributed by atoms with Crippen molar-refractivity contribution in [2.75, 3.05) is 46.3 Å². The summed E-state index contributed by atoms with van der Waals surface area (Å²) in [4.78, 5) is 17.1. The van der Waals surface area contributed by atoms with Crippen molar-refractivity contribution in [1.82, 2.24) is 20.3 Å². The summed E-state index contributed by atoms with van der Waals surface area (Å²) in [5.74, 6) is 2.13. The van der Waals surface area contributed by atoms with Crippen molar-refractivity contribution >= 4 is 5.91 Å². The summed E-state index contributed by atoms with van der Waals surface area (Å²) >= 11 is 0. The highest BCUT2D eigenvalue weighted by atomic mass is 16.5. The lowest BCUT2D eigenvalue weighted by Gasteiger charge is -2.36. The lowest BCUT2D eigenvalue weighted by atomic mass is 9.80. The van der Waals surface area contributed by atoms with Gasteiger partial charge >= 0.3 is 0 Å². The molecule has 2 saturated heterocycles. The minimum absolute atomic E-state index is 0.0210. The van der Waals surface area contributed by atoms with E-state index in [2.05, 4.69) is 49.3 Å². The summed E-state index contributed by atoms with van der Waals surface area (Å²) in [6.45, 7) is 12.1. The first-order valence-corrected chi connectivity index (χ1v) is 9.96. The monoisotopic (exact) mass is 362 g/mol. The van der Waals surface area contributed by atoms with E-state index in [1.165, 1.54) is 0 Å². The highest BCUT2D eigenvalue weighted by Gasteiger charge is 2.31. The van der Waals surface area contributed by atoms with Crippen molar-refractivity contribution in [3.8, 4) is 0 Å². The van der Waals surface area contributed by atoms with Gasteiger partial charge in [0.15, 0.2) is 0 Å². The Morgan fingerprint density at radius 3 is 2.65 bits per heavy atom. The van der Waals surface area contributed by atoms with Crippen LogP contribution in [0.4, 0.5) is 0 Å². The number of carbonyl (C=O) groups is 1. The zero-order chi connectivity index (χ0) is 18.7. The molecule has 0 aliphatic carbocycles. The Morgan fingerprint density at radius 2 is 2.00 bits per heavy atom. The second-order valence-electron chi connectivity index (χ2n) is 9.04. The van der Waals surface area contributed by atoms with Gasteiger partial charge in [-0.2, -0.15) is 0 Å². The van der Waals surface area contributed by atoms with Crippen LogP contribution >= 0.6 is 0 Å². The van der Waals surface area contributed by atoms with Gasteiger partial charge in [0.1, 0.15) is 5.76 Å². The van der Waals surface area contributed by atoms with Crippen LogP contribution in [0.5, 0.6) is 0 Å². The summed E-state index contributed by atoms with van der Waals surface area (Å²) in [6.07, 6.45) is 2.61. The molecule has 146 valence electrons. The number of hydrogen-bond acceptors (Lipinski definition) is 5. The summed E-state index contributed by atoms with van der Waals surface area (Å²) in [6, 6.07) is 2.09. The molecule has 0 spiro atoms. The minimum atomic E-state index is -0.0210. The predicted octanol–water partition coefficient (Wildman–Crippen LogP) is 1.90. The molecule has 0 aromatic carbocycles. The molecule has 0 bridgehead atoms. The Labute approximate surface area is 157 Å². The Balaban J connectivity index is 1.59. The zero-order valence-electron chi connectivity index (χ0n) is 16.8. The van der Waals surface area contributed by atoms with Crippen molar-refractivity contribution < 1.29 is 9.32 Å². The number of likely N-dealkylation sites (N-methyl/N-ethyl adjacent to an activating group) is 1. The lowest BCUT2D eigenvalue weighted by molar-refractivity contribution is -0.134. The van der Waals surface area contributed by atoms with E-state index in [-0.39, 0.29) is 5.41 Å². The smallest absolute Gasteiger partial charge is 0.222 e. The first-order valence-electron chi connectivity index (χ1n) is 9.96. The molecular formula is C20H34N4O2. The summed E-state index contributed by atoms with van der Waals surface area (Å²) in [5, 5.41) is 7.78. The van der Waals surface area contributed by atoms with Gasteiger partial charge < -0.3 is 19.6 Å². The van der Waals surface area contributed by atoms with Crippen molar-refractivity contribution in [1.29, 1.82) is 0 Å². The number of carbonyl (C=O) groups excluding carboxylic acids is 1. The number of hydrogen-bond donors (Lipinski definition) is 1. The maximum absolute atomic E-state index is 12.8. The van der Waals surface area contributed by atoms with E-state index in [0.717, 1.165) is 63.6 Å². The zero-order valence-corrected chi connectivity index (χ0v) is 16.8. The van der Waals surface area contributed by atoms with Crippen LogP contribution in [0, 0.1) is 11.8 Å². The van der Waals surface area contributed by atoms with E-state index in [1.807, 2.05) is 4.90 Å². The number of piperidine rings is 1. The molecule has 6 heteroatoms. The highest BCUT2D eigenvalue weighted by Crippen LogP contribution is 2.29. The quantitative estimate of drug-likeness (QED) is 0.886. The van der Waals surface area contributed by atoms with Gasteiger partial charge in [-0.3, -0.25) is 4.79 Å². The summed E-state index contributed by atoms with van der Waals surface area (Å²) in [7, 11) is 2.12. The minimum Gasteiger partial charge on any atom is -0.361 e. The van der Waals surface area contributed by atoms with Crippen LogP contribution < -0.4 is 5.32 Å². The molecule has 2 fully saturated rings. The van der Waals surface area contributed by atoms with E-state index in [4.69, 9.17) is 4.52 Å². The molecule has 6 nitrogen and oxygen atoms in total. The first-order chi connectivity index (χ1) is 12.3. The average Bonchev–Trinajstić information content (AvgIpc) is 3.06. The maximum atomic E-state index is 12.8. The normalized spacial score (nSPS) is 25.5. The van der Waals surface area contributed by atoms with Crippen molar-refractivity contribution in [3.05, 3.63) is 17.5 Å². The Bertz CT molecular complexity index is 599. The van der Waals surface area contributed by atoms with Crippen LogP contribution in [0.25, 0.3) is 0 Å². The molecule has 0 radical (unpaired) electrons. The Kier molecular flexibility index (Phi) is 6.03. The SMILES string of the molecule is CN1CCN(C(=O)C[C@@H]2CCNC[C@@H]2Cc2cc(C(C)(C)C)on2)CC1. The van der Waals surface area contributed by atoms with Gasteiger partial charge in [-0.05, 0) is 44.8 Å².